The van der Waals surface area contributed by atoms with Gasteiger partial charge in [0.1, 0.15) is 11.3 Å². The highest BCUT2D eigenvalue weighted by molar-refractivity contribution is 5.95. The summed E-state index contributed by atoms with van der Waals surface area (Å²) in [5, 5.41) is 8.84. The molecule has 0 bridgehead atoms. The van der Waals surface area contributed by atoms with Crippen LogP contribution in [0.1, 0.15) is 15.9 Å². The largest absolute Gasteiger partial charge is 0.484 e. The summed E-state index contributed by atoms with van der Waals surface area (Å²) >= 11 is 0. The van der Waals surface area contributed by atoms with Crippen LogP contribution in [-0.2, 0) is 4.79 Å². The number of carbonyl (C=O) groups is 2. The van der Waals surface area contributed by atoms with Gasteiger partial charge >= 0.3 is 0 Å². The molecule has 0 aliphatic heterocycles. The number of hydrogen-bond donors (Lipinski definition) is 3. The highest BCUT2D eigenvalue weighted by Gasteiger charge is 2.11. The van der Waals surface area contributed by atoms with Gasteiger partial charge in [-0.2, -0.15) is 5.26 Å². The molecule has 3 N–H and O–H groups in total. The molecule has 0 aliphatic carbocycles. The van der Waals surface area contributed by atoms with Crippen molar-refractivity contribution in [2.24, 2.45) is 0 Å². The number of hydrazine groups is 1. The van der Waals surface area contributed by atoms with Crippen LogP contribution in [0.2, 0.25) is 0 Å². The molecule has 0 unspecified atom stereocenters. The molecule has 0 spiro atoms. The molecule has 3 rings (SSSR count). The van der Waals surface area contributed by atoms with Gasteiger partial charge in [0, 0.05) is 6.20 Å². The van der Waals surface area contributed by atoms with Crippen molar-refractivity contribution in [2.45, 2.75) is 0 Å². The normalized spacial score (nSPS) is 9.90. The molecule has 0 aliphatic rings. The first kappa shape index (κ1) is 19.4. The third-order valence-corrected chi connectivity index (χ3v) is 3.95. The third kappa shape index (κ3) is 5.08. The maximum atomic E-state index is 11.9. The zero-order chi connectivity index (χ0) is 20.6. The number of amides is 2. The van der Waals surface area contributed by atoms with E-state index in [1.54, 1.807) is 24.3 Å². The lowest BCUT2D eigenvalue weighted by molar-refractivity contribution is -0.123. The molecule has 1 heterocycles. The molecule has 2 aromatic carbocycles. The fraction of sp³-hybridized carbons (Fsp3) is 0.0476. The number of carbonyl (C=O) groups excluding carboxylic acids is 2. The van der Waals surface area contributed by atoms with Crippen LogP contribution in [0.4, 0.5) is 0 Å². The van der Waals surface area contributed by atoms with Gasteiger partial charge in [0.25, 0.3) is 17.4 Å². The van der Waals surface area contributed by atoms with Gasteiger partial charge in [-0.15, -0.1) is 0 Å². The second-order valence-electron chi connectivity index (χ2n) is 5.92. The number of nitriles is 1. The maximum absolute atomic E-state index is 11.9. The van der Waals surface area contributed by atoms with Gasteiger partial charge in [0.15, 0.2) is 6.61 Å². The molecule has 0 saturated heterocycles. The van der Waals surface area contributed by atoms with E-state index in [9.17, 15) is 14.4 Å². The van der Waals surface area contributed by atoms with Crippen molar-refractivity contribution >= 4 is 11.8 Å². The van der Waals surface area contributed by atoms with Crippen molar-refractivity contribution in [2.75, 3.05) is 6.61 Å². The van der Waals surface area contributed by atoms with Gasteiger partial charge in [-0.25, -0.2) is 0 Å². The molecule has 29 heavy (non-hydrogen) atoms. The number of nitrogens with zero attached hydrogens (tertiary/aromatic N) is 1. The molecule has 144 valence electrons. The maximum Gasteiger partial charge on any atom is 0.276 e. The van der Waals surface area contributed by atoms with Gasteiger partial charge in [-0.05, 0) is 47.5 Å². The number of ether oxygens (including phenoxy) is 1. The van der Waals surface area contributed by atoms with Crippen molar-refractivity contribution in [1.82, 2.24) is 15.8 Å². The molecule has 0 saturated carbocycles. The molecule has 0 atom stereocenters. The fourth-order valence-corrected chi connectivity index (χ4v) is 2.46. The summed E-state index contributed by atoms with van der Waals surface area (Å²) in [7, 11) is 0. The topological polar surface area (TPSA) is 124 Å². The molecule has 2 amide bonds. The Morgan fingerprint density at radius 1 is 0.966 bits per heavy atom. The van der Waals surface area contributed by atoms with Crippen LogP contribution in [0.5, 0.6) is 5.75 Å². The average Bonchev–Trinajstić information content (AvgIpc) is 2.77. The predicted molar refractivity (Wildman–Crippen MR) is 105 cm³/mol. The summed E-state index contributed by atoms with van der Waals surface area (Å²) in [5.41, 5.74) is 6.14. The van der Waals surface area contributed by atoms with Crippen molar-refractivity contribution < 1.29 is 14.3 Å². The predicted octanol–water partition coefficient (Wildman–Crippen LogP) is 1.75. The molecule has 8 heteroatoms. The lowest BCUT2D eigenvalue weighted by Crippen LogP contribution is -2.45. The number of benzene rings is 2. The second kappa shape index (κ2) is 9.01. The quantitative estimate of drug-likeness (QED) is 0.575. The van der Waals surface area contributed by atoms with E-state index in [-0.39, 0.29) is 12.2 Å². The van der Waals surface area contributed by atoms with Crippen LogP contribution in [-0.4, -0.2) is 23.4 Å². The van der Waals surface area contributed by atoms with Crippen LogP contribution >= 0.6 is 0 Å². The summed E-state index contributed by atoms with van der Waals surface area (Å²) in [5.74, 6) is -0.836. The van der Waals surface area contributed by atoms with E-state index >= 15 is 0 Å². The Bertz CT molecular complexity index is 1110. The summed E-state index contributed by atoms with van der Waals surface area (Å²) in [6.45, 7) is -0.318. The van der Waals surface area contributed by atoms with Gasteiger partial charge in [-0.1, -0.05) is 24.3 Å². The first-order valence-electron chi connectivity index (χ1n) is 8.57. The highest BCUT2D eigenvalue weighted by atomic mass is 16.5. The molecular formula is C21H16N4O4. The Labute approximate surface area is 165 Å². The van der Waals surface area contributed by atoms with E-state index in [0.29, 0.717) is 11.3 Å². The lowest BCUT2D eigenvalue weighted by atomic mass is 10.0. The van der Waals surface area contributed by atoms with E-state index in [4.69, 9.17) is 10.00 Å². The van der Waals surface area contributed by atoms with Crippen LogP contribution in [0.25, 0.3) is 11.1 Å². The Morgan fingerprint density at radius 3 is 2.24 bits per heavy atom. The minimum Gasteiger partial charge on any atom is -0.484 e. The number of aromatic amines is 1. The van der Waals surface area contributed by atoms with E-state index in [0.717, 1.165) is 11.1 Å². The van der Waals surface area contributed by atoms with E-state index in [1.165, 1.54) is 18.3 Å². The summed E-state index contributed by atoms with van der Waals surface area (Å²) in [6.07, 6.45) is 1.40. The number of nitrogens with one attached hydrogen (secondary N) is 3. The third-order valence-electron chi connectivity index (χ3n) is 3.95. The van der Waals surface area contributed by atoms with Crippen molar-refractivity contribution in [1.29, 1.82) is 5.26 Å². The van der Waals surface area contributed by atoms with Crippen LogP contribution in [0.15, 0.2) is 71.7 Å². The zero-order valence-electron chi connectivity index (χ0n) is 15.1. The molecule has 0 radical (unpaired) electrons. The molecule has 8 nitrogen and oxygen atoms in total. The molecular weight excluding hydrogens is 372 g/mol. The van der Waals surface area contributed by atoms with Gasteiger partial charge < -0.3 is 9.72 Å². The number of hydrogen-bond acceptors (Lipinski definition) is 5. The number of rotatable bonds is 5. The Hall–Kier alpha value is -4.38. The summed E-state index contributed by atoms with van der Waals surface area (Å²) < 4.78 is 5.38. The monoisotopic (exact) mass is 388 g/mol. The first-order chi connectivity index (χ1) is 14.1. The van der Waals surface area contributed by atoms with Gasteiger partial charge in [0.05, 0.1) is 11.6 Å². The molecule has 3 aromatic rings. The minimum absolute atomic E-state index is 0.118. The number of H-pyrrole nitrogens is 1. The smallest absolute Gasteiger partial charge is 0.276 e. The van der Waals surface area contributed by atoms with Crippen LogP contribution in [0, 0.1) is 11.3 Å². The number of aromatic nitrogens is 1. The zero-order valence-corrected chi connectivity index (χ0v) is 15.1. The van der Waals surface area contributed by atoms with Crippen molar-refractivity contribution in [3.63, 3.8) is 0 Å². The van der Waals surface area contributed by atoms with Gasteiger partial charge in [0.2, 0.25) is 0 Å². The van der Waals surface area contributed by atoms with Crippen LogP contribution in [0.3, 0.4) is 0 Å². The average molecular weight is 388 g/mol. The minimum atomic E-state index is -0.730. The van der Waals surface area contributed by atoms with Crippen molar-refractivity contribution in [3.05, 3.63) is 88.3 Å². The summed E-state index contributed by atoms with van der Waals surface area (Å²) in [4.78, 5) is 37.6. The Balaban J connectivity index is 1.50. The standard InChI is InChI=1S/C21H16N4O4/c22-12-14-3-5-15(6-4-14)16-7-9-17(10-8-16)29-13-19(26)24-25-21(28)18-2-1-11-23-20(18)27/h1-11H,13H2,(H,23,27)(H,24,26)(H,25,28). The second-order valence-corrected chi connectivity index (χ2v) is 5.92. The first-order valence-corrected chi connectivity index (χ1v) is 8.57. The SMILES string of the molecule is N#Cc1ccc(-c2ccc(OCC(=O)NNC(=O)c3ccc[nH]c3=O)cc2)cc1. The van der Waals surface area contributed by atoms with E-state index < -0.39 is 17.4 Å². The fourth-order valence-electron chi connectivity index (χ4n) is 2.46. The van der Waals surface area contributed by atoms with E-state index in [2.05, 4.69) is 21.9 Å². The lowest BCUT2D eigenvalue weighted by Gasteiger charge is -2.09. The molecule has 1 aromatic heterocycles. The van der Waals surface area contributed by atoms with Crippen LogP contribution < -0.4 is 21.1 Å². The van der Waals surface area contributed by atoms with Crippen molar-refractivity contribution in [3.8, 4) is 22.9 Å². The Morgan fingerprint density at radius 2 is 1.62 bits per heavy atom. The summed E-state index contributed by atoms with van der Waals surface area (Å²) in [6, 6.07) is 19.2. The highest BCUT2D eigenvalue weighted by Crippen LogP contribution is 2.22. The Kier molecular flexibility index (Phi) is 6.02. The molecule has 0 fully saturated rings. The van der Waals surface area contributed by atoms with Gasteiger partial charge in [-0.3, -0.25) is 25.2 Å². The number of pyridine rings is 1. The van der Waals surface area contributed by atoms with E-state index in [1.807, 2.05) is 24.3 Å².